The first-order valence-corrected chi connectivity index (χ1v) is 12.0. The van der Waals surface area contributed by atoms with Crippen molar-refractivity contribution < 1.29 is 27.9 Å². The molecule has 6 nitrogen and oxygen atoms in total. The van der Waals surface area contributed by atoms with Crippen molar-refractivity contribution in [3.8, 4) is 0 Å². The highest BCUT2D eigenvalue weighted by molar-refractivity contribution is 8.02. The average molecular weight is 401 g/mol. The molecule has 4 rings (SSSR count). The van der Waals surface area contributed by atoms with E-state index in [2.05, 4.69) is 41.5 Å². The SMILES string of the molecule is CC(=O)C12SCC3OC1C1O[Si](C(C)(C)C)(C(C)(C)C)OC3C1OC2=O. The molecule has 0 aromatic heterocycles. The van der Waals surface area contributed by atoms with Gasteiger partial charge in [-0.2, -0.15) is 0 Å². The zero-order valence-electron chi connectivity index (χ0n) is 16.5. The Labute approximate surface area is 159 Å². The van der Waals surface area contributed by atoms with Gasteiger partial charge < -0.3 is 18.3 Å². The molecule has 4 saturated heterocycles. The summed E-state index contributed by atoms with van der Waals surface area (Å²) >= 11 is 1.34. The molecule has 4 heterocycles. The lowest BCUT2D eigenvalue weighted by molar-refractivity contribution is -0.280. The third kappa shape index (κ3) is 2.11. The molecule has 6 unspecified atom stereocenters. The normalized spacial score (nSPS) is 43.8. The maximum absolute atomic E-state index is 12.8. The minimum Gasteiger partial charge on any atom is -0.455 e. The monoisotopic (exact) mass is 400 g/mol. The van der Waals surface area contributed by atoms with Gasteiger partial charge >= 0.3 is 14.5 Å². The zero-order chi connectivity index (χ0) is 19.3. The quantitative estimate of drug-likeness (QED) is 0.381. The highest BCUT2D eigenvalue weighted by atomic mass is 32.2. The molecule has 5 bridgehead atoms. The van der Waals surface area contributed by atoms with E-state index in [9.17, 15) is 9.59 Å². The van der Waals surface area contributed by atoms with Gasteiger partial charge in [0.2, 0.25) is 0 Å². The smallest absolute Gasteiger partial charge is 0.350 e. The van der Waals surface area contributed by atoms with Crippen LogP contribution >= 0.6 is 11.8 Å². The van der Waals surface area contributed by atoms with Gasteiger partial charge in [-0.05, 0) is 6.92 Å². The van der Waals surface area contributed by atoms with Gasteiger partial charge in [0.25, 0.3) is 0 Å². The number of Topliss-reactive ketones (excluding diaryl/α,β-unsaturated/α-hetero) is 1. The third-order valence-corrected chi connectivity index (χ3v) is 13.0. The third-order valence-electron chi connectivity index (χ3n) is 6.16. The first-order chi connectivity index (χ1) is 11.8. The van der Waals surface area contributed by atoms with Crippen LogP contribution in [0.2, 0.25) is 10.1 Å². The van der Waals surface area contributed by atoms with Crippen molar-refractivity contribution in [1.82, 2.24) is 0 Å². The van der Waals surface area contributed by atoms with Crippen molar-refractivity contribution in [3.63, 3.8) is 0 Å². The van der Waals surface area contributed by atoms with Crippen molar-refractivity contribution in [1.29, 1.82) is 0 Å². The molecule has 0 aromatic rings. The number of hydrogen-bond donors (Lipinski definition) is 0. The van der Waals surface area contributed by atoms with Crippen LogP contribution in [0.3, 0.4) is 0 Å². The molecule has 26 heavy (non-hydrogen) atoms. The second kappa shape index (κ2) is 5.35. The Morgan fingerprint density at radius 2 is 1.65 bits per heavy atom. The lowest BCUT2D eigenvalue weighted by Gasteiger charge is -2.65. The Hall–Kier alpha value is -0.413. The van der Waals surface area contributed by atoms with Crippen LogP contribution in [0.1, 0.15) is 48.5 Å². The number of carbonyl (C=O) groups excluding carboxylic acids is 2. The van der Waals surface area contributed by atoms with E-state index in [1.165, 1.54) is 18.7 Å². The van der Waals surface area contributed by atoms with Crippen LogP contribution in [0.5, 0.6) is 0 Å². The summed E-state index contributed by atoms with van der Waals surface area (Å²) in [5.74, 6) is -0.170. The van der Waals surface area contributed by atoms with Crippen LogP contribution in [0.4, 0.5) is 0 Å². The molecule has 0 saturated carbocycles. The van der Waals surface area contributed by atoms with Crippen LogP contribution in [-0.4, -0.2) is 61.3 Å². The topological polar surface area (TPSA) is 71.1 Å². The van der Waals surface area contributed by atoms with Crippen molar-refractivity contribution in [2.24, 2.45) is 0 Å². The number of rotatable bonds is 1. The van der Waals surface area contributed by atoms with Crippen molar-refractivity contribution >= 4 is 32.1 Å². The highest BCUT2D eigenvalue weighted by Gasteiger charge is 2.76. The average Bonchev–Trinajstić information content (AvgIpc) is 2.49. The fourth-order valence-electron chi connectivity index (χ4n) is 5.15. The van der Waals surface area contributed by atoms with Gasteiger partial charge in [-0.25, -0.2) is 4.79 Å². The van der Waals surface area contributed by atoms with Crippen molar-refractivity contribution in [2.45, 2.75) is 93.8 Å². The maximum Gasteiger partial charge on any atom is 0.350 e. The fraction of sp³-hybridized carbons (Fsp3) is 0.889. The summed E-state index contributed by atoms with van der Waals surface area (Å²) in [6.45, 7) is 14.4. The molecular formula is C18H28O6SSi. The van der Waals surface area contributed by atoms with E-state index in [1.54, 1.807) is 0 Å². The first-order valence-electron chi connectivity index (χ1n) is 9.22. The van der Waals surface area contributed by atoms with E-state index in [1.807, 2.05) is 0 Å². The standard InChI is InChI=1S/C18H28O6SSi/c1-9(19)18-14-13-12(22-15(18)20)11(10(21-14)8-25-18)23-26(24-13,16(2,3)4)17(5,6)7/h10-14H,8H2,1-7H3. The molecule has 0 N–H and O–H groups in total. The molecule has 6 atom stereocenters. The van der Waals surface area contributed by atoms with Gasteiger partial charge in [0.15, 0.2) is 16.6 Å². The Kier molecular flexibility index (Phi) is 3.89. The molecule has 0 aliphatic carbocycles. The molecule has 4 aliphatic heterocycles. The van der Waals surface area contributed by atoms with E-state index in [4.69, 9.17) is 18.3 Å². The van der Waals surface area contributed by atoms with Crippen LogP contribution in [0.25, 0.3) is 0 Å². The Morgan fingerprint density at radius 3 is 2.19 bits per heavy atom. The van der Waals surface area contributed by atoms with E-state index in [0.717, 1.165) is 0 Å². The number of ether oxygens (including phenoxy) is 2. The van der Waals surface area contributed by atoms with Gasteiger partial charge in [-0.1, -0.05) is 41.5 Å². The number of esters is 1. The van der Waals surface area contributed by atoms with Crippen molar-refractivity contribution in [3.05, 3.63) is 0 Å². The summed E-state index contributed by atoms with van der Waals surface area (Å²) in [6.07, 6.45) is -2.08. The van der Waals surface area contributed by atoms with Gasteiger partial charge in [0, 0.05) is 15.8 Å². The summed E-state index contributed by atoms with van der Waals surface area (Å²) < 4.78 is 24.2. The molecule has 0 amide bonds. The molecule has 0 spiro atoms. The summed E-state index contributed by atoms with van der Waals surface area (Å²) in [6, 6.07) is 0. The second-order valence-corrected chi connectivity index (χ2v) is 15.8. The van der Waals surface area contributed by atoms with Crippen LogP contribution in [0, 0.1) is 0 Å². The van der Waals surface area contributed by atoms with Crippen LogP contribution < -0.4 is 0 Å². The highest BCUT2D eigenvalue weighted by Crippen LogP contribution is 2.60. The maximum atomic E-state index is 12.8. The van der Waals surface area contributed by atoms with Crippen LogP contribution in [-0.2, 0) is 27.9 Å². The van der Waals surface area contributed by atoms with E-state index in [-0.39, 0.29) is 28.1 Å². The molecule has 0 radical (unpaired) electrons. The molecule has 4 aliphatic rings. The predicted octanol–water partition coefficient (Wildman–Crippen LogP) is 2.58. The van der Waals surface area contributed by atoms with Crippen molar-refractivity contribution in [2.75, 3.05) is 5.75 Å². The lowest BCUT2D eigenvalue weighted by Crippen LogP contribution is -2.83. The number of hydrogen-bond acceptors (Lipinski definition) is 7. The Bertz CT molecular complexity index is 654. The predicted molar refractivity (Wildman–Crippen MR) is 99.3 cm³/mol. The molecule has 8 heteroatoms. The molecule has 0 aromatic carbocycles. The summed E-state index contributed by atoms with van der Waals surface area (Å²) in [4.78, 5) is 25.3. The van der Waals surface area contributed by atoms with E-state index in [0.29, 0.717) is 5.75 Å². The zero-order valence-corrected chi connectivity index (χ0v) is 18.3. The summed E-state index contributed by atoms with van der Waals surface area (Å²) in [7, 11) is -2.77. The van der Waals surface area contributed by atoms with E-state index < -0.39 is 37.6 Å². The fourth-order valence-corrected chi connectivity index (χ4v) is 11.6. The van der Waals surface area contributed by atoms with Gasteiger partial charge in [-0.15, -0.1) is 11.8 Å². The largest absolute Gasteiger partial charge is 0.455 e. The lowest BCUT2D eigenvalue weighted by atomic mass is 9.82. The minimum atomic E-state index is -2.77. The first kappa shape index (κ1) is 18.9. The number of ketones is 1. The second-order valence-electron chi connectivity index (χ2n) is 9.85. The summed E-state index contributed by atoms with van der Waals surface area (Å²) in [5, 5.41) is -0.374. The molecule has 146 valence electrons. The number of thioether (sulfide) groups is 1. The molecule has 4 fully saturated rings. The van der Waals surface area contributed by atoms with Crippen LogP contribution in [0.15, 0.2) is 0 Å². The van der Waals surface area contributed by atoms with Gasteiger partial charge in [-0.3, -0.25) is 4.79 Å². The van der Waals surface area contributed by atoms with Gasteiger partial charge in [0.1, 0.15) is 18.3 Å². The Balaban J connectivity index is 1.85. The van der Waals surface area contributed by atoms with E-state index >= 15 is 0 Å². The van der Waals surface area contributed by atoms with Gasteiger partial charge in [0.05, 0.1) is 6.10 Å². The summed E-state index contributed by atoms with van der Waals surface area (Å²) in [5.41, 5.74) is 0. The molecular weight excluding hydrogens is 372 g/mol. The number of fused-ring (bicyclic) bond motifs is 2. The minimum absolute atomic E-state index is 0.187. The number of carbonyl (C=O) groups is 2. The Morgan fingerprint density at radius 1 is 1.08 bits per heavy atom.